The topological polar surface area (TPSA) is 101 Å². The molecule has 7 heteroatoms. The molecule has 2 N–H and O–H groups in total. The molecule has 0 aromatic carbocycles. The Hall–Kier alpha value is -1.76. The standard InChI is InChI=1S/C10H15N5O2/c1-10(2,3)6(16)4-7-13-9(15-17-7)8-11-5-12-14-8/h5-6,16H,4H2,1-3H3,(H,11,12,14). The van der Waals surface area contributed by atoms with Gasteiger partial charge in [0.05, 0.1) is 12.5 Å². The first-order valence-corrected chi connectivity index (χ1v) is 5.33. The van der Waals surface area contributed by atoms with Crippen molar-refractivity contribution in [3.63, 3.8) is 0 Å². The zero-order chi connectivity index (χ0) is 12.5. The Morgan fingerprint density at radius 2 is 2.24 bits per heavy atom. The van der Waals surface area contributed by atoms with Crippen LogP contribution in [0.4, 0.5) is 0 Å². The van der Waals surface area contributed by atoms with Crippen molar-refractivity contribution in [3.8, 4) is 11.6 Å². The molecule has 0 bridgehead atoms. The van der Waals surface area contributed by atoms with Crippen LogP contribution in [0.3, 0.4) is 0 Å². The highest BCUT2D eigenvalue weighted by Gasteiger charge is 2.25. The van der Waals surface area contributed by atoms with E-state index in [2.05, 4.69) is 25.3 Å². The maximum absolute atomic E-state index is 9.92. The molecule has 17 heavy (non-hydrogen) atoms. The molecular weight excluding hydrogens is 222 g/mol. The molecule has 0 aliphatic heterocycles. The smallest absolute Gasteiger partial charge is 0.239 e. The highest BCUT2D eigenvalue weighted by atomic mass is 16.5. The van der Waals surface area contributed by atoms with E-state index in [1.165, 1.54) is 6.33 Å². The van der Waals surface area contributed by atoms with E-state index < -0.39 is 6.10 Å². The minimum Gasteiger partial charge on any atom is -0.392 e. The molecule has 0 saturated carbocycles. The summed E-state index contributed by atoms with van der Waals surface area (Å²) in [6, 6.07) is 0. The fraction of sp³-hybridized carbons (Fsp3) is 0.600. The summed E-state index contributed by atoms with van der Waals surface area (Å²) in [5.74, 6) is 1.18. The highest BCUT2D eigenvalue weighted by molar-refractivity contribution is 5.39. The number of hydrogen-bond donors (Lipinski definition) is 2. The Balaban J connectivity index is 2.09. The van der Waals surface area contributed by atoms with E-state index in [-0.39, 0.29) is 5.41 Å². The SMILES string of the molecule is CC(C)(C)C(O)Cc1nc(-c2ncn[nH]2)no1. The van der Waals surface area contributed by atoms with Gasteiger partial charge in [-0.05, 0) is 5.41 Å². The van der Waals surface area contributed by atoms with Crippen LogP contribution in [0, 0.1) is 5.41 Å². The van der Waals surface area contributed by atoms with E-state index in [0.717, 1.165) is 0 Å². The van der Waals surface area contributed by atoms with Crippen LogP contribution in [-0.2, 0) is 6.42 Å². The molecule has 0 aliphatic rings. The van der Waals surface area contributed by atoms with Crippen LogP contribution in [0.15, 0.2) is 10.9 Å². The third kappa shape index (κ3) is 2.68. The van der Waals surface area contributed by atoms with Crippen molar-refractivity contribution in [2.24, 2.45) is 5.41 Å². The largest absolute Gasteiger partial charge is 0.392 e. The number of hydrogen-bond acceptors (Lipinski definition) is 6. The van der Waals surface area contributed by atoms with Gasteiger partial charge in [-0.1, -0.05) is 25.9 Å². The molecule has 1 atom stereocenters. The van der Waals surface area contributed by atoms with Crippen molar-refractivity contribution in [1.29, 1.82) is 0 Å². The quantitative estimate of drug-likeness (QED) is 0.819. The minimum absolute atomic E-state index is 0.221. The van der Waals surface area contributed by atoms with Gasteiger partial charge >= 0.3 is 0 Å². The molecule has 2 aromatic heterocycles. The number of nitrogens with zero attached hydrogens (tertiary/aromatic N) is 4. The van der Waals surface area contributed by atoms with Crippen LogP contribution in [0.1, 0.15) is 26.7 Å². The van der Waals surface area contributed by atoms with Crippen molar-refractivity contribution in [1.82, 2.24) is 25.3 Å². The third-order valence-corrected chi connectivity index (χ3v) is 2.46. The van der Waals surface area contributed by atoms with Gasteiger partial charge in [-0.15, -0.1) is 0 Å². The first-order chi connectivity index (χ1) is 7.97. The van der Waals surface area contributed by atoms with E-state index in [1.807, 2.05) is 20.8 Å². The molecule has 0 fully saturated rings. The van der Waals surface area contributed by atoms with Gasteiger partial charge in [0.1, 0.15) is 6.33 Å². The predicted molar refractivity (Wildman–Crippen MR) is 58.8 cm³/mol. The van der Waals surface area contributed by atoms with Crippen molar-refractivity contribution in [3.05, 3.63) is 12.2 Å². The van der Waals surface area contributed by atoms with E-state index in [1.54, 1.807) is 0 Å². The molecule has 0 spiro atoms. The number of aliphatic hydroxyl groups excluding tert-OH is 1. The van der Waals surface area contributed by atoms with E-state index in [9.17, 15) is 5.11 Å². The van der Waals surface area contributed by atoms with Crippen molar-refractivity contribution in [2.45, 2.75) is 33.3 Å². The van der Waals surface area contributed by atoms with Crippen LogP contribution in [0.2, 0.25) is 0 Å². The van der Waals surface area contributed by atoms with Gasteiger partial charge < -0.3 is 9.63 Å². The zero-order valence-corrected chi connectivity index (χ0v) is 10.0. The lowest BCUT2D eigenvalue weighted by Gasteiger charge is -2.24. The Morgan fingerprint density at radius 1 is 1.47 bits per heavy atom. The third-order valence-electron chi connectivity index (χ3n) is 2.46. The Labute approximate surface area is 98.3 Å². The molecule has 2 heterocycles. The first-order valence-electron chi connectivity index (χ1n) is 5.33. The molecule has 0 aliphatic carbocycles. The van der Waals surface area contributed by atoms with Crippen molar-refractivity contribution in [2.75, 3.05) is 0 Å². The van der Waals surface area contributed by atoms with Crippen LogP contribution < -0.4 is 0 Å². The average molecular weight is 237 g/mol. The van der Waals surface area contributed by atoms with E-state index in [0.29, 0.717) is 24.0 Å². The van der Waals surface area contributed by atoms with Gasteiger partial charge in [-0.3, -0.25) is 5.10 Å². The number of rotatable bonds is 3. The Morgan fingerprint density at radius 3 is 2.82 bits per heavy atom. The molecule has 0 saturated heterocycles. The lowest BCUT2D eigenvalue weighted by atomic mass is 9.87. The highest BCUT2D eigenvalue weighted by Crippen LogP contribution is 2.22. The van der Waals surface area contributed by atoms with Crippen LogP contribution in [0.25, 0.3) is 11.6 Å². The molecule has 0 amide bonds. The summed E-state index contributed by atoms with van der Waals surface area (Å²) in [6.07, 6.45) is 1.16. The number of aliphatic hydroxyl groups is 1. The predicted octanol–water partition coefficient (Wildman–Crippen LogP) is 0.804. The summed E-state index contributed by atoms with van der Waals surface area (Å²) in [4.78, 5) is 8.05. The molecule has 1 unspecified atom stereocenters. The van der Waals surface area contributed by atoms with Gasteiger partial charge in [-0.25, -0.2) is 4.98 Å². The second kappa shape index (κ2) is 4.25. The van der Waals surface area contributed by atoms with Gasteiger partial charge in [-0.2, -0.15) is 10.1 Å². The van der Waals surface area contributed by atoms with Gasteiger partial charge in [0.15, 0.2) is 5.82 Å². The second-order valence-electron chi connectivity index (χ2n) is 4.93. The molecule has 0 radical (unpaired) electrons. The molecule has 2 aromatic rings. The number of H-pyrrole nitrogens is 1. The molecule has 2 rings (SSSR count). The fourth-order valence-electron chi connectivity index (χ4n) is 1.22. The number of nitrogens with one attached hydrogen (secondary N) is 1. The number of aromatic amines is 1. The van der Waals surface area contributed by atoms with E-state index >= 15 is 0 Å². The monoisotopic (exact) mass is 237 g/mol. The summed E-state index contributed by atoms with van der Waals surface area (Å²) < 4.78 is 5.05. The Kier molecular flexibility index (Phi) is 2.93. The maximum atomic E-state index is 9.92. The molecule has 92 valence electrons. The number of aromatic nitrogens is 5. The first kappa shape index (κ1) is 11.7. The second-order valence-corrected chi connectivity index (χ2v) is 4.93. The van der Waals surface area contributed by atoms with Gasteiger partial charge in [0.2, 0.25) is 11.7 Å². The summed E-state index contributed by atoms with van der Waals surface area (Å²) in [5, 5.41) is 20.0. The fourth-order valence-corrected chi connectivity index (χ4v) is 1.22. The average Bonchev–Trinajstić information content (AvgIpc) is 2.83. The zero-order valence-electron chi connectivity index (χ0n) is 10.0. The van der Waals surface area contributed by atoms with Gasteiger partial charge in [0.25, 0.3) is 0 Å². The van der Waals surface area contributed by atoms with Crippen LogP contribution in [0.5, 0.6) is 0 Å². The lowest BCUT2D eigenvalue weighted by Crippen LogP contribution is -2.28. The maximum Gasteiger partial charge on any atom is 0.239 e. The van der Waals surface area contributed by atoms with Crippen LogP contribution in [-0.4, -0.2) is 36.5 Å². The van der Waals surface area contributed by atoms with Crippen molar-refractivity contribution >= 4 is 0 Å². The van der Waals surface area contributed by atoms with E-state index in [4.69, 9.17) is 4.52 Å². The van der Waals surface area contributed by atoms with Crippen LogP contribution >= 0.6 is 0 Å². The normalized spacial score (nSPS) is 13.9. The van der Waals surface area contributed by atoms with Gasteiger partial charge in [0, 0.05) is 0 Å². The molecule has 7 nitrogen and oxygen atoms in total. The summed E-state index contributed by atoms with van der Waals surface area (Å²) in [7, 11) is 0. The minimum atomic E-state index is -0.537. The summed E-state index contributed by atoms with van der Waals surface area (Å²) >= 11 is 0. The lowest BCUT2D eigenvalue weighted by molar-refractivity contribution is 0.0565. The van der Waals surface area contributed by atoms with Crippen molar-refractivity contribution < 1.29 is 9.63 Å². The summed E-state index contributed by atoms with van der Waals surface area (Å²) in [6.45, 7) is 5.85. The Bertz CT molecular complexity index is 471. The summed E-state index contributed by atoms with van der Waals surface area (Å²) in [5.41, 5.74) is -0.221. The molecular formula is C10H15N5O2.